The fraction of sp³-hybridized carbons (Fsp3) is 0.385. The van der Waals surface area contributed by atoms with Crippen molar-refractivity contribution >= 4 is 15.9 Å². The largest absolute Gasteiger partial charge is 0.338 e. The summed E-state index contributed by atoms with van der Waals surface area (Å²) >= 11 is 3.50. The van der Waals surface area contributed by atoms with Crippen LogP contribution in [0.15, 0.2) is 33.3 Å². The van der Waals surface area contributed by atoms with Crippen LogP contribution >= 0.6 is 15.9 Å². The molecule has 1 aromatic heterocycles. The molecule has 1 N–H and O–H groups in total. The Kier molecular flexibility index (Phi) is 3.91. The van der Waals surface area contributed by atoms with Gasteiger partial charge >= 0.3 is 0 Å². The molecular weight excluding hydrogens is 308 g/mol. The number of rotatable bonds is 3. The molecular formula is C13H15BrN4O. The highest BCUT2D eigenvalue weighted by Crippen LogP contribution is 2.25. The van der Waals surface area contributed by atoms with E-state index < -0.39 is 0 Å². The summed E-state index contributed by atoms with van der Waals surface area (Å²) in [5, 5.41) is 7.38. The third-order valence-corrected chi connectivity index (χ3v) is 3.84. The van der Waals surface area contributed by atoms with Crippen molar-refractivity contribution in [1.29, 1.82) is 0 Å². The fourth-order valence-electron chi connectivity index (χ4n) is 2.13. The van der Waals surface area contributed by atoms with E-state index in [0.29, 0.717) is 11.7 Å². The number of hydrogen-bond donors (Lipinski definition) is 1. The molecule has 19 heavy (non-hydrogen) atoms. The second-order valence-corrected chi connectivity index (χ2v) is 5.37. The molecule has 1 aliphatic heterocycles. The van der Waals surface area contributed by atoms with E-state index in [4.69, 9.17) is 4.52 Å². The van der Waals surface area contributed by atoms with Gasteiger partial charge in [0.1, 0.15) is 0 Å². The Balaban J connectivity index is 1.74. The van der Waals surface area contributed by atoms with Crippen molar-refractivity contribution in [2.75, 3.05) is 26.2 Å². The van der Waals surface area contributed by atoms with Crippen LogP contribution < -0.4 is 5.32 Å². The van der Waals surface area contributed by atoms with E-state index in [1.165, 1.54) is 0 Å². The van der Waals surface area contributed by atoms with Gasteiger partial charge in [0.2, 0.25) is 11.7 Å². The smallest absolute Gasteiger partial charge is 0.241 e. The lowest BCUT2D eigenvalue weighted by molar-refractivity contribution is 0.203. The van der Waals surface area contributed by atoms with E-state index in [0.717, 1.165) is 42.8 Å². The van der Waals surface area contributed by atoms with Crippen LogP contribution in [-0.4, -0.2) is 41.2 Å². The summed E-state index contributed by atoms with van der Waals surface area (Å²) < 4.78 is 6.31. The summed E-state index contributed by atoms with van der Waals surface area (Å²) in [6, 6.07) is 7.88. The van der Waals surface area contributed by atoms with Gasteiger partial charge in [-0.1, -0.05) is 33.2 Å². The van der Waals surface area contributed by atoms with Gasteiger partial charge in [0.15, 0.2) is 0 Å². The Bertz CT molecular complexity index is 551. The van der Waals surface area contributed by atoms with E-state index in [2.05, 4.69) is 36.3 Å². The van der Waals surface area contributed by atoms with Crippen LogP contribution in [0.3, 0.4) is 0 Å². The molecule has 3 rings (SSSR count). The molecule has 100 valence electrons. The van der Waals surface area contributed by atoms with Crippen LogP contribution in [0.1, 0.15) is 5.89 Å². The third-order valence-electron chi connectivity index (χ3n) is 3.15. The van der Waals surface area contributed by atoms with Gasteiger partial charge in [0, 0.05) is 36.2 Å². The number of nitrogens with one attached hydrogen (secondary N) is 1. The first-order chi connectivity index (χ1) is 9.33. The molecule has 0 aliphatic carbocycles. The van der Waals surface area contributed by atoms with Crippen LogP contribution in [0, 0.1) is 0 Å². The third kappa shape index (κ3) is 3.02. The predicted molar refractivity (Wildman–Crippen MR) is 75.6 cm³/mol. The zero-order chi connectivity index (χ0) is 13.1. The highest BCUT2D eigenvalue weighted by atomic mass is 79.9. The number of piperazine rings is 1. The summed E-state index contributed by atoms with van der Waals surface area (Å²) in [6.07, 6.45) is 0. The average molecular weight is 323 g/mol. The van der Waals surface area contributed by atoms with Gasteiger partial charge in [-0.3, -0.25) is 4.90 Å². The molecule has 0 unspecified atom stereocenters. The van der Waals surface area contributed by atoms with Gasteiger partial charge in [0.25, 0.3) is 0 Å². The average Bonchev–Trinajstić information content (AvgIpc) is 2.89. The van der Waals surface area contributed by atoms with Crippen LogP contribution in [0.5, 0.6) is 0 Å². The summed E-state index contributed by atoms with van der Waals surface area (Å²) in [6.45, 7) is 4.80. The Hall–Kier alpha value is -1.24. The minimum Gasteiger partial charge on any atom is -0.338 e. The molecule has 6 heteroatoms. The first kappa shape index (κ1) is 12.8. The van der Waals surface area contributed by atoms with Crippen molar-refractivity contribution in [3.05, 3.63) is 34.6 Å². The van der Waals surface area contributed by atoms with Crippen molar-refractivity contribution < 1.29 is 4.52 Å². The molecule has 0 atom stereocenters. The van der Waals surface area contributed by atoms with Crippen molar-refractivity contribution in [2.24, 2.45) is 0 Å². The highest BCUT2D eigenvalue weighted by Gasteiger charge is 2.15. The summed E-state index contributed by atoms with van der Waals surface area (Å²) in [5.74, 6) is 1.31. The van der Waals surface area contributed by atoms with Gasteiger partial charge < -0.3 is 9.84 Å². The number of aromatic nitrogens is 2. The van der Waals surface area contributed by atoms with Gasteiger partial charge in [0.05, 0.1) is 6.54 Å². The molecule has 2 aromatic rings. The Labute approximate surface area is 120 Å². The first-order valence-electron chi connectivity index (χ1n) is 6.33. The quantitative estimate of drug-likeness (QED) is 0.935. The molecule has 1 fully saturated rings. The minimum atomic E-state index is 0.637. The Morgan fingerprint density at radius 1 is 1.26 bits per heavy atom. The molecule has 0 amide bonds. The molecule has 0 saturated carbocycles. The molecule has 1 aromatic carbocycles. The van der Waals surface area contributed by atoms with Crippen molar-refractivity contribution in [2.45, 2.75) is 6.54 Å². The zero-order valence-corrected chi connectivity index (χ0v) is 12.1. The second-order valence-electron chi connectivity index (χ2n) is 4.52. The number of benzene rings is 1. The van der Waals surface area contributed by atoms with Crippen LogP contribution in [0.4, 0.5) is 0 Å². The van der Waals surface area contributed by atoms with Crippen molar-refractivity contribution in [3.8, 4) is 11.4 Å². The maximum Gasteiger partial charge on any atom is 0.241 e. The predicted octanol–water partition coefficient (Wildman–Crippen LogP) is 1.90. The van der Waals surface area contributed by atoms with E-state index >= 15 is 0 Å². The van der Waals surface area contributed by atoms with Crippen molar-refractivity contribution in [3.63, 3.8) is 0 Å². The fourth-order valence-corrected chi connectivity index (χ4v) is 2.59. The standard InChI is InChI=1S/C13H15BrN4O/c14-11-4-2-1-3-10(11)13-16-12(19-17-13)9-18-7-5-15-6-8-18/h1-4,15H,5-9H2. The second kappa shape index (κ2) is 5.81. The van der Waals surface area contributed by atoms with Crippen LogP contribution in [0.25, 0.3) is 11.4 Å². The molecule has 0 spiro atoms. The molecule has 2 heterocycles. The molecule has 5 nitrogen and oxygen atoms in total. The normalized spacial score (nSPS) is 16.7. The number of hydrogen-bond acceptors (Lipinski definition) is 5. The molecule has 0 bridgehead atoms. The summed E-state index contributed by atoms with van der Waals surface area (Å²) in [7, 11) is 0. The monoisotopic (exact) mass is 322 g/mol. The van der Waals surface area contributed by atoms with Gasteiger partial charge in [-0.05, 0) is 12.1 Å². The lowest BCUT2D eigenvalue weighted by atomic mass is 10.2. The first-order valence-corrected chi connectivity index (χ1v) is 7.13. The van der Waals surface area contributed by atoms with E-state index in [1.807, 2.05) is 24.3 Å². The number of nitrogens with zero attached hydrogens (tertiary/aromatic N) is 3. The van der Waals surface area contributed by atoms with Gasteiger partial charge in [-0.2, -0.15) is 4.98 Å². The summed E-state index contributed by atoms with van der Waals surface area (Å²) in [5.41, 5.74) is 0.956. The Morgan fingerprint density at radius 3 is 2.84 bits per heavy atom. The lowest BCUT2D eigenvalue weighted by Crippen LogP contribution is -2.42. The highest BCUT2D eigenvalue weighted by molar-refractivity contribution is 9.10. The molecule has 1 saturated heterocycles. The summed E-state index contributed by atoms with van der Waals surface area (Å²) in [4.78, 5) is 6.78. The SMILES string of the molecule is Brc1ccccc1-c1noc(CN2CCNCC2)n1. The zero-order valence-electron chi connectivity index (χ0n) is 10.5. The van der Waals surface area contributed by atoms with Crippen LogP contribution in [-0.2, 0) is 6.54 Å². The van der Waals surface area contributed by atoms with Gasteiger partial charge in [-0.25, -0.2) is 0 Å². The van der Waals surface area contributed by atoms with E-state index in [9.17, 15) is 0 Å². The van der Waals surface area contributed by atoms with Gasteiger partial charge in [-0.15, -0.1) is 0 Å². The van der Waals surface area contributed by atoms with E-state index in [-0.39, 0.29) is 0 Å². The minimum absolute atomic E-state index is 0.637. The molecule has 0 radical (unpaired) electrons. The lowest BCUT2D eigenvalue weighted by Gasteiger charge is -2.25. The Morgan fingerprint density at radius 2 is 2.05 bits per heavy atom. The number of halogens is 1. The molecule has 1 aliphatic rings. The van der Waals surface area contributed by atoms with Crippen molar-refractivity contribution in [1.82, 2.24) is 20.4 Å². The maximum atomic E-state index is 5.33. The van der Waals surface area contributed by atoms with E-state index in [1.54, 1.807) is 0 Å². The topological polar surface area (TPSA) is 54.2 Å². The maximum absolute atomic E-state index is 5.33. The van der Waals surface area contributed by atoms with Crippen LogP contribution in [0.2, 0.25) is 0 Å².